The van der Waals surface area contributed by atoms with Crippen LogP contribution in [0.1, 0.15) is 16.1 Å². The quantitative estimate of drug-likeness (QED) is 0.580. The van der Waals surface area contributed by atoms with Gasteiger partial charge >= 0.3 is 6.18 Å². The Morgan fingerprint density at radius 1 is 1.11 bits per heavy atom. The van der Waals surface area contributed by atoms with E-state index in [0.29, 0.717) is 4.68 Å². The van der Waals surface area contributed by atoms with E-state index in [9.17, 15) is 23.1 Å². The lowest BCUT2D eigenvalue weighted by molar-refractivity contribution is -0.143. The zero-order chi connectivity index (χ0) is 19.8. The Hall–Kier alpha value is -2.71. The average Bonchev–Trinajstić information content (AvgIpc) is 3.04. The number of amides is 1. The molecule has 0 saturated heterocycles. The van der Waals surface area contributed by atoms with Crippen molar-refractivity contribution in [3.05, 3.63) is 70.0 Å². The molecule has 3 aromatic rings. The van der Waals surface area contributed by atoms with Crippen LogP contribution < -0.4 is 5.32 Å². The average molecular weight is 416 g/mol. The summed E-state index contributed by atoms with van der Waals surface area (Å²) >= 11 is 11.6. The summed E-state index contributed by atoms with van der Waals surface area (Å²) in [5, 5.41) is 16.0. The highest BCUT2D eigenvalue weighted by Crippen LogP contribution is 2.35. The molecule has 1 heterocycles. The fraction of sp³-hybridized carbons (Fsp3) is 0.0588. The van der Waals surface area contributed by atoms with Gasteiger partial charge in [0.2, 0.25) is 0 Å². The van der Waals surface area contributed by atoms with E-state index in [-0.39, 0.29) is 27.2 Å². The highest BCUT2D eigenvalue weighted by atomic mass is 35.5. The predicted octanol–water partition coefficient (Wildman–Crippen LogP) is 5.16. The van der Waals surface area contributed by atoms with Crippen molar-refractivity contribution in [3.8, 4) is 11.4 Å². The maximum absolute atomic E-state index is 13.6. The molecule has 1 amide bonds. The number of nitrogens with one attached hydrogen (secondary N) is 1. The Morgan fingerprint density at radius 3 is 2.48 bits per heavy atom. The number of alkyl halides is 3. The summed E-state index contributed by atoms with van der Waals surface area (Å²) in [4.78, 5) is 12.4. The van der Waals surface area contributed by atoms with Crippen LogP contribution >= 0.6 is 23.2 Å². The van der Waals surface area contributed by atoms with Crippen LogP contribution in [-0.4, -0.2) is 20.8 Å². The molecule has 0 fully saturated rings. The summed E-state index contributed by atoms with van der Waals surface area (Å²) in [5.41, 5.74) is -2.08. The van der Waals surface area contributed by atoms with Gasteiger partial charge in [-0.2, -0.15) is 18.3 Å². The van der Waals surface area contributed by atoms with Crippen LogP contribution in [0.15, 0.2) is 48.7 Å². The molecular formula is C17H10Cl2F3N3O2. The maximum atomic E-state index is 13.6. The molecule has 0 saturated carbocycles. The molecule has 2 aromatic carbocycles. The lowest BCUT2D eigenvalue weighted by Crippen LogP contribution is -2.20. The van der Waals surface area contributed by atoms with Crippen molar-refractivity contribution in [1.82, 2.24) is 9.78 Å². The zero-order valence-electron chi connectivity index (χ0n) is 13.3. The van der Waals surface area contributed by atoms with Crippen molar-refractivity contribution in [2.24, 2.45) is 0 Å². The number of aromatic hydroxyl groups is 1. The molecule has 140 valence electrons. The number of halogens is 5. The molecule has 0 aliphatic rings. The minimum absolute atomic E-state index is 0.0412. The molecule has 10 heteroatoms. The van der Waals surface area contributed by atoms with E-state index in [1.807, 2.05) is 0 Å². The summed E-state index contributed by atoms with van der Waals surface area (Å²) in [7, 11) is 0. The first-order valence-electron chi connectivity index (χ1n) is 7.38. The molecule has 27 heavy (non-hydrogen) atoms. The van der Waals surface area contributed by atoms with Crippen molar-refractivity contribution in [1.29, 1.82) is 0 Å². The molecule has 0 unspecified atom stereocenters. The number of nitrogens with zero attached hydrogens (tertiary/aromatic N) is 2. The van der Waals surface area contributed by atoms with Gasteiger partial charge in [-0.15, -0.1) is 0 Å². The highest BCUT2D eigenvalue weighted by Gasteiger charge is 2.40. The van der Waals surface area contributed by atoms with Crippen molar-refractivity contribution in [2.75, 3.05) is 5.32 Å². The third-order valence-electron chi connectivity index (χ3n) is 3.54. The number of phenolic OH excluding ortho intramolecular Hbond substituents is 1. The molecule has 5 nitrogen and oxygen atoms in total. The molecule has 3 rings (SSSR count). The Morgan fingerprint density at radius 2 is 1.81 bits per heavy atom. The second-order valence-electron chi connectivity index (χ2n) is 5.41. The van der Waals surface area contributed by atoms with Gasteiger partial charge in [-0.3, -0.25) is 4.79 Å². The van der Waals surface area contributed by atoms with Crippen molar-refractivity contribution in [3.63, 3.8) is 0 Å². The van der Waals surface area contributed by atoms with Crippen LogP contribution in [0, 0.1) is 0 Å². The molecule has 0 radical (unpaired) electrons. The van der Waals surface area contributed by atoms with E-state index in [1.165, 1.54) is 42.5 Å². The lowest BCUT2D eigenvalue weighted by Gasteiger charge is -2.13. The monoisotopic (exact) mass is 415 g/mol. The van der Waals surface area contributed by atoms with Gasteiger partial charge < -0.3 is 10.4 Å². The van der Waals surface area contributed by atoms with E-state index in [0.717, 1.165) is 6.20 Å². The number of aromatic nitrogens is 2. The molecule has 0 aliphatic heterocycles. The smallest absolute Gasteiger partial charge is 0.434 e. The standard InChI is InChI=1S/C17H10Cl2F3N3O2/c18-9-2-1-3-11(6-9)25-15(17(20,21)22)12(8-23-25)16(27)24-13-7-10(19)4-5-14(13)26/h1-8,26H,(H,24,27). The first kappa shape index (κ1) is 19.1. The van der Waals surface area contributed by atoms with Gasteiger partial charge in [0.05, 0.1) is 23.1 Å². The number of rotatable bonds is 3. The van der Waals surface area contributed by atoms with Crippen LogP contribution in [0.2, 0.25) is 10.0 Å². The number of carbonyl (C=O) groups excluding carboxylic acids is 1. The van der Waals surface area contributed by atoms with Crippen LogP contribution in [0.25, 0.3) is 5.69 Å². The predicted molar refractivity (Wildman–Crippen MR) is 94.6 cm³/mol. The Bertz CT molecular complexity index is 1020. The third-order valence-corrected chi connectivity index (χ3v) is 4.01. The summed E-state index contributed by atoms with van der Waals surface area (Å²) in [6.07, 6.45) is -4.08. The molecule has 2 N–H and O–H groups in total. The van der Waals surface area contributed by atoms with E-state index < -0.39 is 23.3 Å². The fourth-order valence-electron chi connectivity index (χ4n) is 2.39. The maximum Gasteiger partial charge on any atom is 0.434 e. The molecule has 0 atom stereocenters. The first-order valence-corrected chi connectivity index (χ1v) is 8.13. The Labute approximate surface area is 160 Å². The largest absolute Gasteiger partial charge is 0.506 e. The van der Waals surface area contributed by atoms with Crippen molar-refractivity contribution < 1.29 is 23.1 Å². The molecular weight excluding hydrogens is 406 g/mol. The number of phenols is 1. The van der Waals surface area contributed by atoms with Crippen LogP contribution in [0.3, 0.4) is 0 Å². The normalized spacial score (nSPS) is 11.4. The lowest BCUT2D eigenvalue weighted by atomic mass is 10.2. The second kappa shape index (κ2) is 7.13. The molecule has 0 bridgehead atoms. The highest BCUT2D eigenvalue weighted by molar-refractivity contribution is 6.31. The Kier molecular flexibility index (Phi) is 5.03. The number of anilines is 1. The zero-order valence-corrected chi connectivity index (χ0v) is 14.8. The fourth-order valence-corrected chi connectivity index (χ4v) is 2.75. The molecule has 0 spiro atoms. The number of hydrogen-bond donors (Lipinski definition) is 2. The van der Waals surface area contributed by atoms with Crippen molar-refractivity contribution >= 4 is 34.8 Å². The Balaban J connectivity index is 2.05. The van der Waals surface area contributed by atoms with Gasteiger partial charge in [-0.25, -0.2) is 4.68 Å². The van der Waals surface area contributed by atoms with Crippen molar-refractivity contribution in [2.45, 2.75) is 6.18 Å². The number of carbonyl (C=O) groups is 1. The summed E-state index contributed by atoms with van der Waals surface area (Å²) < 4.78 is 41.5. The van der Waals surface area contributed by atoms with Gasteiger partial charge in [-0.05, 0) is 36.4 Å². The third kappa shape index (κ3) is 4.01. The topological polar surface area (TPSA) is 67.2 Å². The van der Waals surface area contributed by atoms with Gasteiger partial charge in [0.1, 0.15) is 5.75 Å². The summed E-state index contributed by atoms with van der Waals surface area (Å²) in [6, 6.07) is 9.40. The molecule has 1 aromatic heterocycles. The van der Waals surface area contributed by atoms with Gasteiger partial charge in [0, 0.05) is 10.0 Å². The summed E-state index contributed by atoms with van der Waals surface area (Å²) in [6.45, 7) is 0. The van der Waals surface area contributed by atoms with Crippen LogP contribution in [0.4, 0.5) is 18.9 Å². The van der Waals surface area contributed by atoms with Gasteiger partial charge in [-0.1, -0.05) is 29.3 Å². The minimum atomic E-state index is -4.87. The second-order valence-corrected chi connectivity index (χ2v) is 6.28. The van der Waals surface area contributed by atoms with Crippen LogP contribution in [-0.2, 0) is 6.18 Å². The van der Waals surface area contributed by atoms with E-state index in [1.54, 1.807) is 0 Å². The summed E-state index contributed by atoms with van der Waals surface area (Å²) in [5.74, 6) is -1.45. The van der Waals surface area contributed by atoms with Gasteiger partial charge in [0.25, 0.3) is 5.91 Å². The SMILES string of the molecule is O=C(Nc1cc(Cl)ccc1O)c1cnn(-c2cccc(Cl)c2)c1C(F)(F)F. The number of hydrogen-bond acceptors (Lipinski definition) is 3. The molecule has 0 aliphatic carbocycles. The van der Waals surface area contributed by atoms with E-state index >= 15 is 0 Å². The number of benzene rings is 2. The van der Waals surface area contributed by atoms with Gasteiger partial charge in [0.15, 0.2) is 5.69 Å². The van der Waals surface area contributed by atoms with Crippen LogP contribution in [0.5, 0.6) is 5.75 Å². The minimum Gasteiger partial charge on any atom is -0.506 e. The van der Waals surface area contributed by atoms with E-state index in [2.05, 4.69) is 10.4 Å². The van der Waals surface area contributed by atoms with E-state index in [4.69, 9.17) is 23.2 Å². The first-order chi connectivity index (χ1) is 12.7.